The van der Waals surface area contributed by atoms with E-state index in [1.54, 1.807) is 31.2 Å². The number of amides is 2. The Morgan fingerprint density at radius 1 is 1.18 bits per heavy atom. The molecule has 1 aliphatic carbocycles. The van der Waals surface area contributed by atoms with E-state index in [-0.39, 0.29) is 29.5 Å². The van der Waals surface area contributed by atoms with Crippen molar-refractivity contribution < 1.29 is 18.0 Å². The van der Waals surface area contributed by atoms with Crippen LogP contribution in [0.1, 0.15) is 55.8 Å². The quantitative estimate of drug-likeness (QED) is 0.725. The first-order valence-electron chi connectivity index (χ1n) is 10.1. The molecule has 2 N–H and O–H groups in total. The summed E-state index contributed by atoms with van der Waals surface area (Å²) in [6.45, 7) is 3.02. The molecule has 1 heterocycles. The van der Waals surface area contributed by atoms with Gasteiger partial charge in [0.2, 0.25) is 15.9 Å². The lowest BCUT2D eigenvalue weighted by Crippen LogP contribution is -2.39. The molecule has 1 aromatic carbocycles. The molecule has 1 unspecified atom stereocenters. The van der Waals surface area contributed by atoms with Crippen LogP contribution in [-0.2, 0) is 14.8 Å². The van der Waals surface area contributed by atoms with Crippen LogP contribution in [-0.4, -0.2) is 50.0 Å². The summed E-state index contributed by atoms with van der Waals surface area (Å²) in [6.07, 6.45) is 5.48. The number of hydrogen-bond acceptors (Lipinski definition) is 4. The van der Waals surface area contributed by atoms with Gasteiger partial charge in [0.15, 0.2) is 0 Å². The fraction of sp³-hybridized carbons (Fsp3) is 0.600. The average Bonchev–Trinajstić information content (AvgIpc) is 3.33. The minimum atomic E-state index is -3.40. The lowest BCUT2D eigenvalue weighted by Gasteiger charge is -2.20. The highest BCUT2D eigenvalue weighted by atomic mass is 32.2. The molecule has 7 nitrogen and oxygen atoms in total. The third-order valence-corrected chi connectivity index (χ3v) is 6.90. The van der Waals surface area contributed by atoms with E-state index in [0.717, 1.165) is 32.1 Å². The number of anilines is 1. The molecule has 2 fully saturated rings. The molecule has 1 saturated carbocycles. The molecule has 0 aromatic heterocycles. The molecule has 28 heavy (non-hydrogen) atoms. The van der Waals surface area contributed by atoms with Crippen LogP contribution in [0.4, 0.5) is 5.69 Å². The summed E-state index contributed by atoms with van der Waals surface area (Å²) in [5, 5.41) is 2.98. The number of nitrogens with zero attached hydrogens (tertiary/aromatic N) is 1. The Morgan fingerprint density at radius 3 is 2.64 bits per heavy atom. The van der Waals surface area contributed by atoms with Crippen molar-refractivity contribution in [2.75, 3.05) is 23.6 Å². The summed E-state index contributed by atoms with van der Waals surface area (Å²) in [6, 6.07) is 6.41. The van der Waals surface area contributed by atoms with Crippen molar-refractivity contribution in [3.63, 3.8) is 0 Å². The van der Waals surface area contributed by atoms with Crippen LogP contribution in [0.15, 0.2) is 24.3 Å². The summed E-state index contributed by atoms with van der Waals surface area (Å²) < 4.78 is 26.3. The normalized spacial score (nSPS) is 20.3. The van der Waals surface area contributed by atoms with E-state index >= 15 is 0 Å². The average molecular weight is 408 g/mol. The second kappa shape index (κ2) is 8.94. The van der Waals surface area contributed by atoms with E-state index in [0.29, 0.717) is 30.8 Å². The van der Waals surface area contributed by atoms with E-state index in [1.807, 2.05) is 4.90 Å². The van der Waals surface area contributed by atoms with E-state index in [1.165, 1.54) is 0 Å². The summed E-state index contributed by atoms with van der Waals surface area (Å²) in [5.41, 5.74) is 0.780. The van der Waals surface area contributed by atoms with Crippen molar-refractivity contribution in [2.24, 2.45) is 5.92 Å². The number of carbonyl (C=O) groups is 2. The number of carbonyl (C=O) groups excluding carboxylic acids is 2. The molecule has 0 radical (unpaired) electrons. The first-order valence-corrected chi connectivity index (χ1v) is 11.7. The number of benzene rings is 1. The van der Waals surface area contributed by atoms with Crippen molar-refractivity contribution in [2.45, 2.75) is 51.5 Å². The molecule has 2 amide bonds. The first-order chi connectivity index (χ1) is 13.4. The van der Waals surface area contributed by atoms with E-state index in [4.69, 9.17) is 0 Å². The van der Waals surface area contributed by atoms with Gasteiger partial charge in [0.25, 0.3) is 5.91 Å². The molecular weight excluding hydrogens is 378 g/mol. The monoisotopic (exact) mass is 407 g/mol. The summed E-state index contributed by atoms with van der Waals surface area (Å²) >= 11 is 0. The van der Waals surface area contributed by atoms with Crippen LogP contribution >= 0.6 is 0 Å². The topological polar surface area (TPSA) is 95.6 Å². The van der Waals surface area contributed by atoms with Gasteiger partial charge in [0, 0.05) is 36.3 Å². The van der Waals surface area contributed by atoms with Crippen LogP contribution in [0.25, 0.3) is 0 Å². The Balaban J connectivity index is 1.56. The summed E-state index contributed by atoms with van der Waals surface area (Å²) in [5.74, 6) is 0.164. The van der Waals surface area contributed by atoms with Crippen LogP contribution in [0.3, 0.4) is 0 Å². The van der Waals surface area contributed by atoms with E-state index in [2.05, 4.69) is 10.0 Å². The maximum Gasteiger partial charge on any atom is 0.251 e. The molecule has 2 aliphatic rings. The number of likely N-dealkylation sites (tertiary alicyclic amines) is 1. The highest BCUT2D eigenvalue weighted by molar-refractivity contribution is 7.92. The van der Waals surface area contributed by atoms with Crippen molar-refractivity contribution in [3.8, 4) is 0 Å². The number of rotatable bonds is 7. The zero-order valence-electron chi connectivity index (χ0n) is 16.3. The third kappa shape index (κ3) is 5.25. The Morgan fingerprint density at radius 2 is 1.93 bits per heavy atom. The van der Waals surface area contributed by atoms with Gasteiger partial charge in [-0.15, -0.1) is 0 Å². The lowest BCUT2D eigenvalue weighted by atomic mass is 10.1. The summed E-state index contributed by atoms with van der Waals surface area (Å²) in [7, 11) is -3.40. The SMILES string of the molecule is CCCS(=O)(=O)Nc1cccc(C(=O)NC2CCN(C(=O)C3CCCC3)C2)c1. The van der Waals surface area contributed by atoms with Gasteiger partial charge in [0.1, 0.15) is 0 Å². The molecule has 0 spiro atoms. The Bertz CT molecular complexity index is 818. The zero-order chi connectivity index (χ0) is 20.1. The van der Waals surface area contributed by atoms with Crippen LogP contribution < -0.4 is 10.0 Å². The van der Waals surface area contributed by atoms with Gasteiger partial charge >= 0.3 is 0 Å². The Hall–Kier alpha value is -2.09. The Kier molecular flexibility index (Phi) is 6.59. The Labute approximate surface area is 166 Å². The summed E-state index contributed by atoms with van der Waals surface area (Å²) in [4.78, 5) is 27.0. The van der Waals surface area contributed by atoms with Gasteiger partial charge in [-0.1, -0.05) is 25.8 Å². The first kappa shape index (κ1) is 20.6. The largest absolute Gasteiger partial charge is 0.347 e. The van der Waals surface area contributed by atoms with Gasteiger partial charge in [-0.3, -0.25) is 14.3 Å². The second-order valence-electron chi connectivity index (χ2n) is 7.73. The molecule has 0 bridgehead atoms. The molecule has 1 atom stereocenters. The smallest absolute Gasteiger partial charge is 0.251 e. The van der Waals surface area contributed by atoms with E-state index < -0.39 is 10.0 Å². The molecule has 1 aromatic rings. The van der Waals surface area contributed by atoms with Gasteiger partial charge in [-0.2, -0.15) is 0 Å². The third-order valence-electron chi connectivity index (χ3n) is 5.41. The minimum Gasteiger partial charge on any atom is -0.347 e. The van der Waals surface area contributed by atoms with Gasteiger partial charge < -0.3 is 10.2 Å². The van der Waals surface area contributed by atoms with Crippen molar-refractivity contribution in [3.05, 3.63) is 29.8 Å². The predicted molar refractivity (Wildman–Crippen MR) is 109 cm³/mol. The number of hydrogen-bond donors (Lipinski definition) is 2. The van der Waals surface area contributed by atoms with Gasteiger partial charge in [-0.25, -0.2) is 8.42 Å². The molecule has 3 rings (SSSR count). The lowest BCUT2D eigenvalue weighted by molar-refractivity contribution is -0.134. The molecule has 8 heteroatoms. The molecular formula is C20H29N3O4S. The van der Waals surface area contributed by atoms with Gasteiger partial charge in [0.05, 0.1) is 5.75 Å². The van der Waals surface area contributed by atoms with Gasteiger partial charge in [-0.05, 0) is 43.9 Å². The number of nitrogens with one attached hydrogen (secondary N) is 2. The van der Waals surface area contributed by atoms with Crippen molar-refractivity contribution in [1.29, 1.82) is 0 Å². The molecule has 1 aliphatic heterocycles. The van der Waals surface area contributed by atoms with Crippen LogP contribution in [0.5, 0.6) is 0 Å². The fourth-order valence-electron chi connectivity index (χ4n) is 4.00. The highest BCUT2D eigenvalue weighted by Crippen LogP contribution is 2.28. The van der Waals surface area contributed by atoms with Crippen LogP contribution in [0, 0.1) is 5.92 Å². The fourth-order valence-corrected chi connectivity index (χ4v) is 5.13. The highest BCUT2D eigenvalue weighted by Gasteiger charge is 2.32. The predicted octanol–water partition coefficient (Wildman–Crippen LogP) is 2.36. The maximum absolute atomic E-state index is 12.6. The van der Waals surface area contributed by atoms with Crippen molar-refractivity contribution >= 4 is 27.5 Å². The zero-order valence-corrected chi connectivity index (χ0v) is 17.1. The van der Waals surface area contributed by atoms with Crippen molar-refractivity contribution in [1.82, 2.24) is 10.2 Å². The second-order valence-corrected chi connectivity index (χ2v) is 9.57. The molecule has 154 valence electrons. The standard InChI is InChI=1S/C20H29N3O4S/c1-2-12-28(26,27)22-17-9-5-8-16(13-17)19(24)21-18-10-11-23(14-18)20(25)15-6-3-4-7-15/h5,8-9,13,15,18,22H,2-4,6-7,10-12,14H2,1H3,(H,21,24). The number of sulfonamides is 1. The maximum atomic E-state index is 12.6. The molecule has 1 saturated heterocycles. The van der Waals surface area contributed by atoms with Crippen LogP contribution in [0.2, 0.25) is 0 Å². The minimum absolute atomic E-state index is 0.0381. The van der Waals surface area contributed by atoms with E-state index in [9.17, 15) is 18.0 Å².